The van der Waals surface area contributed by atoms with E-state index in [-0.39, 0.29) is 35.1 Å². The Hall–Kier alpha value is -1.09. The van der Waals surface area contributed by atoms with Crippen LogP contribution < -0.4 is 5.32 Å². The summed E-state index contributed by atoms with van der Waals surface area (Å²) < 4.78 is 23.2. The molecule has 0 amide bonds. The molecule has 27 heavy (non-hydrogen) atoms. The highest BCUT2D eigenvalue weighted by Crippen LogP contribution is 2.46. The van der Waals surface area contributed by atoms with Crippen molar-refractivity contribution in [1.29, 1.82) is 0 Å². The fourth-order valence-electron chi connectivity index (χ4n) is 3.64. The predicted octanol–water partition coefficient (Wildman–Crippen LogP) is 3.18. The maximum atomic E-state index is 11.6. The summed E-state index contributed by atoms with van der Waals surface area (Å²) in [5.74, 6) is 1.16. The molecule has 5 nitrogen and oxygen atoms in total. The first-order valence-corrected chi connectivity index (χ1v) is 11.3. The van der Waals surface area contributed by atoms with E-state index in [1.807, 2.05) is 6.07 Å². The molecule has 7 heteroatoms. The molecule has 1 aliphatic heterocycles. The number of likely N-dealkylation sites (tertiary alicyclic amines) is 1. The molecule has 1 saturated heterocycles. The van der Waals surface area contributed by atoms with Crippen molar-refractivity contribution in [1.82, 2.24) is 10.2 Å². The Morgan fingerprint density at radius 3 is 2.37 bits per heavy atom. The number of hydrogen-bond acceptors (Lipinski definition) is 3. The van der Waals surface area contributed by atoms with Crippen molar-refractivity contribution in [3.63, 3.8) is 0 Å². The van der Waals surface area contributed by atoms with E-state index in [0.29, 0.717) is 6.54 Å². The quantitative estimate of drug-likeness (QED) is 0.381. The molecule has 1 saturated carbocycles. The summed E-state index contributed by atoms with van der Waals surface area (Å²) in [6, 6.07) is 10.4. The third-order valence-electron chi connectivity index (χ3n) is 5.23. The van der Waals surface area contributed by atoms with Crippen LogP contribution in [0, 0.1) is 5.41 Å². The molecule has 1 aromatic carbocycles. The zero-order valence-corrected chi connectivity index (χ0v) is 19.3. The highest BCUT2D eigenvalue weighted by Gasteiger charge is 2.45. The summed E-state index contributed by atoms with van der Waals surface area (Å²) in [4.78, 5) is 6.69. The van der Waals surface area contributed by atoms with Crippen LogP contribution in [-0.2, 0) is 9.84 Å². The van der Waals surface area contributed by atoms with Crippen LogP contribution in [0.5, 0.6) is 0 Å². The lowest BCUT2D eigenvalue weighted by Gasteiger charge is -2.32. The molecule has 0 spiro atoms. The maximum Gasteiger partial charge on any atom is 0.193 e. The van der Waals surface area contributed by atoms with Gasteiger partial charge in [-0.25, -0.2) is 8.42 Å². The molecule has 0 bridgehead atoms. The zero-order valence-electron chi connectivity index (χ0n) is 16.1. The van der Waals surface area contributed by atoms with Crippen molar-refractivity contribution < 1.29 is 8.42 Å². The molecule has 1 aliphatic carbocycles. The molecule has 1 aromatic rings. The molecule has 0 aromatic heterocycles. The van der Waals surface area contributed by atoms with Crippen LogP contribution in [0.1, 0.15) is 31.2 Å². The average Bonchev–Trinajstić information content (AvgIpc) is 3.35. The molecule has 3 rings (SSSR count). The summed E-state index contributed by atoms with van der Waals surface area (Å²) >= 11 is 0. The van der Waals surface area contributed by atoms with Crippen molar-refractivity contribution >= 4 is 45.8 Å². The number of piperidine rings is 1. The van der Waals surface area contributed by atoms with Crippen molar-refractivity contribution in [3.05, 3.63) is 41.5 Å². The van der Waals surface area contributed by atoms with Gasteiger partial charge in [0, 0.05) is 38.4 Å². The minimum Gasteiger partial charge on any atom is -0.356 e. The normalized spacial score (nSPS) is 19.3. The van der Waals surface area contributed by atoms with E-state index in [1.165, 1.54) is 17.4 Å². The lowest BCUT2D eigenvalue weighted by molar-refractivity contribution is 0.370. The Labute approximate surface area is 180 Å². The molecule has 150 valence electrons. The number of hydrogen-bond donors (Lipinski definition) is 1. The Morgan fingerprint density at radius 2 is 1.85 bits per heavy atom. The third-order valence-corrected chi connectivity index (χ3v) is 6.37. The molecule has 0 unspecified atom stereocenters. The molecule has 2 fully saturated rings. The second-order valence-corrected chi connectivity index (χ2v) is 9.81. The van der Waals surface area contributed by atoms with E-state index < -0.39 is 9.84 Å². The largest absolute Gasteiger partial charge is 0.356 e. The van der Waals surface area contributed by atoms with Gasteiger partial charge in [0.05, 0.1) is 5.75 Å². The molecule has 2 aliphatic rings. The fraction of sp³-hybridized carbons (Fsp3) is 0.550. The van der Waals surface area contributed by atoms with Gasteiger partial charge in [-0.1, -0.05) is 42.0 Å². The smallest absolute Gasteiger partial charge is 0.193 e. The zero-order chi connectivity index (χ0) is 18.6. The van der Waals surface area contributed by atoms with E-state index in [1.54, 1.807) is 7.05 Å². The number of guanidine groups is 1. The minimum absolute atomic E-state index is 0. The number of benzene rings is 1. The SMILES string of the molecule is CN=C(NCC1(CS(C)(=O)=O)CC1)N1CCC(=Cc2ccccc2)CC1.I. The van der Waals surface area contributed by atoms with Crippen LogP contribution in [0.25, 0.3) is 6.08 Å². The third kappa shape index (κ3) is 6.78. The van der Waals surface area contributed by atoms with E-state index in [9.17, 15) is 8.42 Å². The van der Waals surface area contributed by atoms with Gasteiger partial charge in [0.15, 0.2) is 5.96 Å². The van der Waals surface area contributed by atoms with E-state index in [4.69, 9.17) is 0 Å². The average molecular weight is 503 g/mol. The number of nitrogens with zero attached hydrogens (tertiary/aromatic N) is 2. The predicted molar refractivity (Wildman–Crippen MR) is 123 cm³/mol. The van der Waals surface area contributed by atoms with Crippen molar-refractivity contribution in [2.45, 2.75) is 25.7 Å². The first kappa shape index (κ1) is 22.2. The van der Waals surface area contributed by atoms with Gasteiger partial charge in [0.1, 0.15) is 9.84 Å². The van der Waals surface area contributed by atoms with Gasteiger partial charge >= 0.3 is 0 Å². The molecular formula is C20H30IN3O2S. The topological polar surface area (TPSA) is 61.8 Å². The maximum absolute atomic E-state index is 11.6. The van der Waals surface area contributed by atoms with Gasteiger partial charge in [-0.15, -0.1) is 24.0 Å². The highest BCUT2D eigenvalue weighted by atomic mass is 127. The molecular weight excluding hydrogens is 473 g/mol. The Bertz CT molecular complexity index is 777. The van der Waals surface area contributed by atoms with Crippen LogP contribution in [0.3, 0.4) is 0 Å². The molecule has 1 N–H and O–H groups in total. The number of rotatable bonds is 5. The summed E-state index contributed by atoms with van der Waals surface area (Å²) in [5, 5.41) is 3.42. The van der Waals surface area contributed by atoms with E-state index in [0.717, 1.165) is 44.7 Å². The van der Waals surface area contributed by atoms with Gasteiger partial charge < -0.3 is 10.2 Å². The summed E-state index contributed by atoms with van der Waals surface area (Å²) in [6.07, 6.45) is 7.64. The Balaban J connectivity index is 0.00000261. The lowest BCUT2D eigenvalue weighted by Crippen LogP contribution is -2.46. The first-order chi connectivity index (χ1) is 12.4. The second-order valence-electron chi connectivity index (χ2n) is 7.67. The van der Waals surface area contributed by atoms with Crippen molar-refractivity contribution in [2.75, 3.05) is 38.7 Å². The van der Waals surface area contributed by atoms with Crippen LogP contribution >= 0.6 is 24.0 Å². The number of halogens is 1. The Morgan fingerprint density at radius 1 is 1.22 bits per heavy atom. The van der Waals surface area contributed by atoms with E-state index >= 15 is 0 Å². The second kappa shape index (κ2) is 9.41. The Kier molecular flexibility index (Phi) is 7.73. The van der Waals surface area contributed by atoms with E-state index in [2.05, 4.69) is 45.6 Å². The minimum atomic E-state index is -2.94. The molecule has 0 atom stereocenters. The first-order valence-electron chi connectivity index (χ1n) is 9.27. The number of nitrogens with one attached hydrogen (secondary N) is 1. The number of aliphatic imine (C=N–C) groups is 1. The molecule has 0 radical (unpaired) electrons. The van der Waals surface area contributed by atoms with Crippen LogP contribution in [0.15, 0.2) is 40.9 Å². The van der Waals surface area contributed by atoms with Gasteiger partial charge in [0.25, 0.3) is 0 Å². The van der Waals surface area contributed by atoms with Crippen molar-refractivity contribution in [3.8, 4) is 0 Å². The van der Waals surface area contributed by atoms with Crippen LogP contribution in [-0.4, -0.2) is 58.0 Å². The van der Waals surface area contributed by atoms with Gasteiger partial charge in [-0.2, -0.15) is 0 Å². The lowest BCUT2D eigenvalue weighted by atomic mass is 10.0. The summed E-state index contributed by atoms with van der Waals surface area (Å²) in [6.45, 7) is 2.57. The standard InChI is InChI=1S/C20H29N3O2S.HI/c1-21-19(22-15-20(10-11-20)16-26(2,24)25)23-12-8-18(9-13-23)14-17-6-4-3-5-7-17;/h3-7,14H,8-13,15-16H2,1-2H3,(H,21,22);1H. The van der Waals surface area contributed by atoms with Gasteiger partial charge in [-0.3, -0.25) is 4.99 Å². The monoisotopic (exact) mass is 503 g/mol. The van der Waals surface area contributed by atoms with Crippen LogP contribution in [0.2, 0.25) is 0 Å². The molecule has 1 heterocycles. The summed E-state index contributed by atoms with van der Waals surface area (Å²) in [7, 11) is -1.14. The number of sulfone groups is 1. The van der Waals surface area contributed by atoms with Crippen LogP contribution in [0.4, 0.5) is 0 Å². The van der Waals surface area contributed by atoms with Gasteiger partial charge in [-0.05, 0) is 31.2 Å². The van der Waals surface area contributed by atoms with Gasteiger partial charge in [0.2, 0.25) is 0 Å². The van der Waals surface area contributed by atoms with Crippen molar-refractivity contribution in [2.24, 2.45) is 10.4 Å². The summed E-state index contributed by atoms with van der Waals surface area (Å²) in [5.41, 5.74) is 2.64. The fourth-order valence-corrected chi connectivity index (χ4v) is 5.14. The highest BCUT2D eigenvalue weighted by molar-refractivity contribution is 14.0.